The Hall–Kier alpha value is -5.27. The van der Waals surface area contributed by atoms with Crippen molar-refractivity contribution in [2.24, 2.45) is 7.05 Å². The summed E-state index contributed by atoms with van der Waals surface area (Å²) in [7, 11) is -2.93. The number of carbonyl (C=O) groups is 4. The van der Waals surface area contributed by atoms with Crippen LogP contribution in [-0.4, -0.2) is 89.6 Å². The van der Waals surface area contributed by atoms with Crippen LogP contribution in [0.25, 0.3) is 10.9 Å². The lowest BCUT2D eigenvalue weighted by Crippen LogP contribution is -2.76. The lowest BCUT2D eigenvalue weighted by Gasteiger charge is -2.55. The minimum absolute atomic E-state index is 0.00493. The molecule has 0 saturated carbocycles. The van der Waals surface area contributed by atoms with E-state index in [0.29, 0.717) is 24.0 Å². The number of hydrogen-bond donors (Lipinski definition) is 3. The van der Waals surface area contributed by atoms with Crippen molar-refractivity contribution in [1.29, 1.82) is 0 Å². The van der Waals surface area contributed by atoms with Crippen LogP contribution in [0, 0.1) is 0 Å². The predicted molar refractivity (Wildman–Crippen MR) is 197 cm³/mol. The van der Waals surface area contributed by atoms with Crippen molar-refractivity contribution in [2.75, 3.05) is 19.6 Å². The third kappa shape index (κ3) is 8.21. The Kier molecular flexibility index (Phi) is 11.2. The molecule has 2 aliphatic rings. The zero-order chi connectivity index (χ0) is 37.9. The largest absolute Gasteiger partial charge is 0.524 e. The Balaban J connectivity index is 1.38. The number of carbonyl (C=O) groups excluding carboxylic acids is 4. The maximum Gasteiger partial charge on any atom is 0.524 e. The van der Waals surface area contributed by atoms with Crippen molar-refractivity contribution >= 4 is 42.4 Å². The standard InChI is InChI=1S/C38H43N6O8P/c1-4-10-33(45)31-23-40(3)36-28(13-9-14-30(31)36)22-41-24-34-43(32(37(41)47)20-26-15-17-29(18-16-26)52-53(49,50)51)35(46)25-42(19-5-2)44(34)38(48)39-21-27-11-7-6-8-12-27/h5-9,11-18,23,32,34H,2,4,10,19-22,24-25H2,1,3H3,(H,39,48)(H2,49,50,51). The van der Waals surface area contributed by atoms with Gasteiger partial charge in [0.25, 0.3) is 0 Å². The maximum absolute atomic E-state index is 14.6. The van der Waals surface area contributed by atoms with E-state index in [0.717, 1.165) is 22.0 Å². The molecule has 53 heavy (non-hydrogen) atoms. The molecular formula is C38H43N6O8P. The molecule has 3 heterocycles. The van der Waals surface area contributed by atoms with E-state index in [1.165, 1.54) is 22.0 Å². The molecule has 2 unspecified atom stereocenters. The van der Waals surface area contributed by atoms with Crippen LogP contribution in [-0.2, 0) is 40.7 Å². The molecule has 2 atom stereocenters. The summed E-state index contributed by atoms with van der Waals surface area (Å²) in [6.07, 6.45) is 3.72. The van der Waals surface area contributed by atoms with Crippen molar-refractivity contribution in [1.82, 2.24) is 29.7 Å². The van der Waals surface area contributed by atoms with E-state index in [4.69, 9.17) is 4.52 Å². The van der Waals surface area contributed by atoms with Gasteiger partial charge in [0.15, 0.2) is 5.78 Å². The summed E-state index contributed by atoms with van der Waals surface area (Å²) in [5.41, 5.74) is 3.71. The quantitative estimate of drug-likeness (QED) is 0.103. The van der Waals surface area contributed by atoms with Gasteiger partial charge >= 0.3 is 13.9 Å². The fourth-order valence-corrected chi connectivity index (χ4v) is 7.61. The first-order valence-electron chi connectivity index (χ1n) is 17.4. The van der Waals surface area contributed by atoms with Crippen LogP contribution in [0.4, 0.5) is 4.79 Å². The summed E-state index contributed by atoms with van der Waals surface area (Å²) in [5.74, 6) is -0.690. The van der Waals surface area contributed by atoms with Crippen LogP contribution < -0.4 is 9.84 Å². The predicted octanol–water partition coefficient (Wildman–Crippen LogP) is 4.37. The number of urea groups is 1. The number of fused-ring (bicyclic) bond motifs is 2. The summed E-state index contributed by atoms with van der Waals surface area (Å²) < 4.78 is 18.0. The molecule has 4 aromatic rings. The number of nitrogens with zero attached hydrogens (tertiary/aromatic N) is 5. The van der Waals surface area contributed by atoms with Crippen LogP contribution >= 0.6 is 7.82 Å². The molecule has 1 aromatic heterocycles. The second-order valence-electron chi connectivity index (χ2n) is 13.2. The summed E-state index contributed by atoms with van der Waals surface area (Å²) in [5, 5.41) is 6.89. The topological polar surface area (TPSA) is 165 Å². The molecule has 0 radical (unpaired) electrons. The fraction of sp³-hybridized carbons (Fsp3) is 0.316. The Morgan fingerprint density at radius 2 is 1.75 bits per heavy atom. The number of Topliss-reactive ketones (excluding diaryl/α,β-unsaturated/α-hetero) is 1. The van der Waals surface area contributed by atoms with Gasteiger partial charge in [-0.25, -0.2) is 19.4 Å². The number of aryl methyl sites for hydroxylation is 1. The molecule has 278 valence electrons. The number of piperazine rings is 1. The fourth-order valence-electron chi connectivity index (χ4n) is 7.22. The number of hydrogen-bond acceptors (Lipinski definition) is 7. The Morgan fingerprint density at radius 1 is 1.02 bits per heavy atom. The Labute approximate surface area is 307 Å². The van der Waals surface area contributed by atoms with Gasteiger partial charge in [-0.2, -0.15) is 0 Å². The monoisotopic (exact) mass is 742 g/mol. The molecular weight excluding hydrogens is 699 g/mol. The molecule has 14 nitrogen and oxygen atoms in total. The first-order valence-corrected chi connectivity index (χ1v) is 18.9. The van der Waals surface area contributed by atoms with Gasteiger partial charge in [-0.3, -0.25) is 24.2 Å². The molecule has 3 N–H and O–H groups in total. The first-order chi connectivity index (χ1) is 25.4. The molecule has 3 aromatic carbocycles. The van der Waals surface area contributed by atoms with Gasteiger partial charge in [-0.05, 0) is 35.2 Å². The van der Waals surface area contributed by atoms with E-state index in [9.17, 15) is 33.5 Å². The number of phosphoric ester groups is 1. The lowest BCUT2D eigenvalue weighted by atomic mass is 9.97. The van der Waals surface area contributed by atoms with Crippen molar-refractivity contribution < 1.29 is 38.1 Å². The highest BCUT2D eigenvalue weighted by atomic mass is 31.2. The third-order valence-electron chi connectivity index (χ3n) is 9.47. The van der Waals surface area contributed by atoms with Gasteiger partial charge in [0.2, 0.25) is 11.8 Å². The van der Waals surface area contributed by atoms with Gasteiger partial charge in [0, 0.05) is 56.7 Å². The average Bonchev–Trinajstić information content (AvgIpc) is 3.47. The van der Waals surface area contributed by atoms with Gasteiger partial charge in [-0.1, -0.05) is 73.7 Å². The number of phosphoric acid groups is 1. The van der Waals surface area contributed by atoms with Crippen molar-refractivity contribution in [3.8, 4) is 5.75 Å². The minimum Gasteiger partial charge on any atom is -0.404 e. The molecule has 6 rings (SSSR count). The molecule has 0 bridgehead atoms. The van der Waals surface area contributed by atoms with Gasteiger partial charge in [0.1, 0.15) is 18.0 Å². The molecule has 15 heteroatoms. The van der Waals surface area contributed by atoms with Gasteiger partial charge < -0.3 is 24.2 Å². The summed E-state index contributed by atoms with van der Waals surface area (Å²) in [6, 6.07) is 19.5. The van der Waals surface area contributed by atoms with E-state index in [1.54, 1.807) is 28.1 Å². The number of rotatable bonds is 13. The normalized spacial score (nSPS) is 17.9. The number of para-hydroxylation sites is 1. The average molecular weight is 743 g/mol. The van der Waals surface area contributed by atoms with Crippen LogP contribution in [0.1, 0.15) is 46.8 Å². The van der Waals surface area contributed by atoms with Crippen LogP contribution in [0.15, 0.2) is 91.6 Å². The molecule has 2 aliphatic heterocycles. The van der Waals surface area contributed by atoms with Crippen molar-refractivity contribution in [3.63, 3.8) is 0 Å². The zero-order valence-corrected chi connectivity index (χ0v) is 30.5. The minimum atomic E-state index is -4.79. The van der Waals surface area contributed by atoms with E-state index in [1.807, 2.05) is 73.3 Å². The SMILES string of the molecule is C=CCN1CC(=O)N2C(Cc3ccc(OP(=O)(O)O)cc3)C(=O)N(Cc3cccc4c(C(=O)CCC)cn(C)c34)CC2N1C(=O)NCc1ccccc1. The van der Waals surface area contributed by atoms with Gasteiger partial charge in [0.05, 0.1) is 18.6 Å². The van der Waals surface area contributed by atoms with Gasteiger partial charge in [-0.15, -0.1) is 6.58 Å². The molecule has 2 saturated heterocycles. The molecule has 4 amide bonds. The molecule has 0 aliphatic carbocycles. The number of benzene rings is 3. The van der Waals surface area contributed by atoms with Crippen molar-refractivity contribution in [3.05, 3.63) is 114 Å². The first kappa shape index (κ1) is 37.5. The molecule has 0 spiro atoms. The van der Waals surface area contributed by atoms with Crippen LogP contribution in [0.2, 0.25) is 0 Å². The van der Waals surface area contributed by atoms with Crippen LogP contribution in [0.5, 0.6) is 5.75 Å². The summed E-state index contributed by atoms with van der Waals surface area (Å²) >= 11 is 0. The van der Waals surface area contributed by atoms with E-state index < -0.39 is 26.1 Å². The highest BCUT2D eigenvalue weighted by Gasteiger charge is 2.51. The number of ketones is 1. The summed E-state index contributed by atoms with van der Waals surface area (Å²) in [4.78, 5) is 77.3. The van der Waals surface area contributed by atoms with E-state index >= 15 is 0 Å². The highest BCUT2D eigenvalue weighted by Crippen LogP contribution is 2.38. The zero-order valence-electron chi connectivity index (χ0n) is 29.6. The van der Waals surface area contributed by atoms with Crippen LogP contribution in [0.3, 0.4) is 0 Å². The second kappa shape index (κ2) is 15.8. The number of aromatic nitrogens is 1. The number of nitrogens with one attached hydrogen (secondary N) is 1. The highest BCUT2D eigenvalue weighted by molar-refractivity contribution is 7.46. The van der Waals surface area contributed by atoms with Crippen molar-refractivity contribution in [2.45, 2.75) is 51.5 Å². The van der Waals surface area contributed by atoms with E-state index in [2.05, 4.69) is 11.9 Å². The third-order valence-corrected chi connectivity index (χ3v) is 9.91. The number of amides is 4. The Morgan fingerprint density at radius 3 is 2.43 bits per heavy atom. The van der Waals surface area contributed by atoms with E-state index in [-0.39, 0.29) is 62.5 Å². The Bertz CT molecular complexity index is 2060. The lowest BCUT2D eigenvalue weighted by molar-refractivity contribution is -0.189. The smallest absolute Gasteiger partial charge is 0.404 e. The maximum atomic E-state index is 14.6. The molecule has 2 fully saturated rings. The number of hydrazine groups is 1. The second-order valence-corrected chi connectivity index (χ2v) is 14.4. The summed E-state index contributed by atoms with van der Waals surface area (Å²) in [6.45, 7) is 6.21.